The standard InChI is InChI=1S/C9H8O4.CH2S/c1-5-6(8(10)11)3-2-4-7(5)9(12)13;1-2/h2-4H,1H3,(H,10,11)(H,12,13);1H2. The minimum absolute atomic E-state index is 0.0277. The van der Waals surface area contributed by atoms with E-state index in [4.69, 9.17) is 10.2 Å². The predicted octanol–water partition coefficient (Wildman–Crippen LogP) is 2.01. The molecule has 0 spiro atoms. The highest BCUT2D eigenvalue weighted by molar-refractivity contribution is 7.77. The SMILES string of the molecule is C=S.Cc1c(C(=O)O)cccc1C(=O)O. The van der Waals surface area contributed by atoms with Gasteiger partial charge >= 0.3 is 11.9 Å². The highest BCUT2D eigenvalue weighted by atomic mass is 32.1. The fourth-order valence-corrected chi connectivity index (χ4v) is 1.10. The lowest BCUT2D eigenvalue weighted by atomic mass is 10.0. The average molecular weight is 226 g/mol. The molecule has 0 aliphatic carbocycles. The number of aromatic carboxylic acids is 2. The lowest BCUT2D eigenvalue weighted by Gasteiger charge is -2.03. The molecule has 0 aliphatic heterocycles. The Balaban J connectivity index is 0.000000921. The minimum atomic E-state index is -1.11. The van der Waals surface area contributed by atoms with Crippen molar-refractivity contribution >= 4 is 30.0 Å². The molecule has 15 heavy (non-hydrogen) atoms. The second-order valence-electron chi connectivity index (χ2n) is 2.59. The first-order valence-corrected chi connectivity index (χ1v) is 4.47. The lowest BCUT2D eigenvalue weighted by molar-refractivity contribution is 0.0696. The van der Waals surface area contributed by atoms with Crippen LogP contribution in [0, 0.1) is 6.92 Å². The Kier molecular flexibility index (Phi) is 5.19. The van der Waals surface area contributed by atoms with Crippen molar-refractivity contribution in [1.29, 1.82) is 0 Å². The van der Waals surface area contributed by atoms with Crippen LogP contribution in [0.5, 0.6) is 0 Å². The number of hydrogen-bond donors (Lipinski definition) is 2. The van der Waals surface area contributed by atoms with E-state index in [1.165, 1.54) is 25.1 Å². The van der Waals surface area contributed by atoms with Crippen LogP contribution < -0.4 is 0 Å². The normalized spacial score (nSPS) is 8.60. The van der Waals surface area contributed by atoms with E-state index < -0.39 is 11.9 Å². The summed E-state index contributed by atoms with van der Waals surface area (Å²) in [6.07, 6.45) is 0. The van der Waals surface area contributed by atoms with Crippen LogP contribution in [-0.2, 0) is 0 Å². The molecule has 0 aromatic heterocycles. The summed E-state index contributed by atoms with van der Waals surface area (Å²) in [5, 5.41) is 17.4. The maximum atomic E-state index is 10.6. The Morgan fingerprint density at radius 1 is 1.13 bits per heavy atom. The smallest absolute Gasteiger partial charge is 0.335 e. The van der Waals surface area contributed by atoms with Gasteiger partial charge in [-0.3, -0.25) is 0 Å². The second-order valence-corrected chi connectivity index (χ2v) is 2.59. The summed E-state index contributed by atoms with van der Waals surface area (Å²) < 4.78 is 0. The highest BCUT2D eigenvalue weighted by Gasteiger charge is 2.13. The van der Waals surface area contributed by atoms with Gasteiger partial charge in [-0.1, -0.05) is 18.3 Å². The van der Waals surface area contributed by atoms with Gasteiger partial charge in [0.1, 0.15) is 0 Å². The molecule has 1 aromatic carbocycles. The van der Waals surface area contributed by atoms with Crippen LogP contribution in [0.3, 0.4) is 0 Å². The van der Waals surface area contributed by atoms with Crippen LogP contribution in [-0.4, -0.2) is 28.0 Å². The zero-order chi connectivity index (χ0) is 12.0. The van der Waals surface area contributed by atoms with Crippen molar-refractivity contribution in [3.05, 3.63) is 34.9 Å². The number of hydrogen-bond acceptors (Lipinski definition) is 3. The molecule has 0 aliphatic rings. The van der Waals surface area contributed by atoms with Gasteiger partial charge in [-0.15, -0.1) is 0 Å². The number of carbonyl (C=O) groups is 2. The summed E-state index contributed by atoms with van der Waals surface area (Å²) in [6.45, 7) is 1.48. The minimum Gasteiger partial charge on any atom is -0.478 e. The van der Waals surface area contributed by atoms with E-state index in [9.17, 15) is 9.59 Å². The van der Waals surface area contributed by atoms with Crippen LogP contribution >= 0.6 is 12.2 Å². The molecule has 0 bridgehead atoms. The van der Waals surface area contributed by atoms with Gasteiger partial charge in [-0.2, -0.15) is 0 Å². The van der Waals surface area contributed by atoms with E-state index in [2.05, 4.69) is 18.1 Å². The van der Waals surface area contributed by atoms with Gasteiger partial charge in [0.05, 0.1) is 11.1 Å². The summed E-state index contributed by atoms with van der Waals surface area (Å²) in [5.41, 5.74) is 0.335. The number of carboxylic acids is 2. The average Bonchev–Trinajstić information content (AvgIpc) is 2.20. The Morgan fingerprint density at radius 3 is 1.73 bits per heavy atom. The van der Waals surface area contributed by atoms with Gasteiger partial charge in [0.2, 0.25) is 0 Å². The maximum Gasteiger partial charge on any atom is 0.335 e. The molecule has 0 atom stereocenters. The molecular weight excluding hydrogens is 216 g/mol. The predicted molar refractivity (Wildman–Crippen MR) is 59.8 cm³/mol. The van der Waals surface area contributed by atoms with Gasteiger partial charge < -0.3 is 10.2 Å². The van der Waals surface area contributed by atoms with Crippen LogP contribution in [0.1, 0.15) is 26.3 Å². The summed E-state index contributed by atoms with van der Waals surface area (Å²) in [4.78, 5) is 21.2. The summed E-state index contributed by atoms with van der Waals surface area (Å²) in [6, 6.07) is 4.17. The van der Waals surface area contributed by atoms with E-state index in [0.717, 1.165) is 0 Å². The molecule has 0 heterocycles. The Bertz CT molecular complexity index is 355. The first kappa shape index (κ1) is 13.2. The molecule has 0 unspecified atom stereocenters. The van der Waals surface area contributed by atoms with Gasteiger partial charge in [-0.25, -0.2) is 9.59 Å². The molecule has 0 radical (unpaired) electrons. The number of benzene rings is 1. The third-order valence-electron chi connectivity index (χ3n) is 1.79. The van der Waals surface area contributed by atoms with Gasteiger partial charge in [0, 0.05) is 0 Å². The van der Waals surface area contributed by atoms with E-state index in [1.807, 2.05) is 0 Å². The molecule has 5 heteroatoms. The zero-order valence-corrected chi connectivity index (χ0v) is 8.87. The van der Waals surface area contributed by atoms with E-state index in [1.54, 1.807) is 0 Å². The van der Waals surface area contributed by atoms with Crippen molar-refractivity contribution < 1.29 is 19.8 Å². The Hall–Kier alpha value is -1.75. The maximum absolute atomic E-state index is 10.6. The van der Waals surface area contributed by atoms with Gasteiger partial charge in [0.15, 0.2) is 0 Å². The Labute approximate surface area is 92.2 Å². The molecule has 80 valence electrons. The monoisotopic (exact) mass is 226 g/mol. The van der Waals surface area contributed by atoms with Crippen molar-refractivity contribution in [2.45, 2.75) is 6.92 Å². The highest BCUT2D eigenvalue weighted by Crippen LogP contribution is 2.13. The topological polar surface area (TPSA) is 74.6 Å². The van der Waals surface area contributed by atoms with Crippen molar-refractivity contribution in [2.24, 2.45) is 0 Å². The van der Waals surface area contributed by atoms with Crippen molar-refractivity contribution in [3.8, 4) is 0 Å². The van der Waals surface area contributed by atoms with Crippen LogP contribution in [0.25, 0.3) is 0 Å². The van der Waals surface area contributed by atoms with Crippen LogP contribution in [0.2, 0.25) is 0 Å². The fraction of sp³-hybridized carbons (Fsp3) is 0.100. The summed E-state index contributed by atoms with van der Waals surface area (Å²) in [7, 11) is 0. The summed E-state index contributed by atoms with van der Waals surface area (Å²) in [5.74, 6) is 0.612. The molecule has 1 aromatic rings. The van der Waals surface area contributed by atoms with E-state index in [-0.39, 0.29) is 16.7 Å². The molecular formula is C10H10O4S. The van der Waals surface area contributed by atoms with Crippen molar-refractivity contribution in [1.82, 2.24) is 0 Å². The lowest BCUT2D eigenvalue weighted by Crippen LogP contribution is -2.06. The fourth-order valence-electron chi connectivity index (χ4n) is 1.10. The zero-order valence-electron chi connectivity index (χ0n) is 8.06. The largest absolute Gasteiger partial charge is 0.478 e. The molecule has 0 saturated heterocycles. The van der Waals surface area contributed by atoms with Crippen LogP contribution in [0.4, 0.5) is 0 Å². The molecule has 4 nitrogen and oxygen atoms in total. The number of rotatable bonds is 2. The van der Waals surface area contributed by atoms with E-state index >= 15 is 0 Å². The molecule has 1 rings (SSSR count). The molecule has 0 saturated carbocycles. The van der Waals surface area contributed by atoms with Crippen molar-refractivity contribution in [3.63, 3.8) is 0 Å². The molecule has 0 amide bonds. The first-order valence-electron chi connectivity index (χ1n) is 3.89. The third kappa shape index (κ3) is 3.14. The van der Waals surface area contributed by atoms with Crippen LogP contribution in [0.15, 0.2) is 18.2 Å². The van der Waals surface area contributed by atoms with Crippen molar-refractivity contribution in [2.75, 3.05) is 0 Å². The third-order valence-corrected chi connectivity index (χ3v) is 1.79. The molecule has 2 N–H and O–H groups in total. The summed E-state index contributed by atoms with van der Waals surface area (Å²) >= 11 is 3.83. The van der Waals surface area contributed by atoms with Gasteiger partial charge in [0.25, 0.3) is 0 Å². The molecule has 0 fully saturated rings. The van der Waals surface area contributed by atoms with Gasteiger partial charge in [-0.05, 0) is 30.5 Å². The van der Waals surface area contributed by atoms with E-state index in [0.29, 0.717) is 0 Å². The quantitative estimate of drug-likeness (QED) is 0.754. The first-order chi connectivity index (χ1) is 7.04. The number of carboxylic acid groups (broad SMARTS) is 2. The number of thiocarbonyl (C=S) groups is 1. The Morgan fingerprint density at radius 2 is 1.47 bits per heavy atom. The second kappa shape index (κ2) is 5.87.